The lowest BCUT2D eigenvalue weighted by Gasteiger charge is -2.31. The van der Waals surface area contributed by atoms with E-state index in [0.717, 1.165) is 11.1 Å². The van der Waals surface area contributed by atoms with Gasteiger partial charge in [-0.15, -0.1) is 0 Å². The molecule has 2 aromatic rings. The van der Waals surface area contributed by atoms with E-state index in [2.05, 4.69) is 26.1 Å². The summed E-state index contributed by atoms with van der Waals surface area (Å²) in [6, 6.07) is 17.0. The fraction of sp³-hybridized carbons (Fsp3) is 0.370. The first-order chi connectivity index (χ1) is 16.1. The molecule has 2 aliphatic heterocycles. The van der Waals surface area contributed by atoms with Gasteiger partial charge < -0.3 is 15.1 Å². The number of hydrogen-bond acceptors (Lipinski definition) is 3. The van der Waals surface area contributed by atoms with Crippen molar-refractivity contribution >= 4 is 17.8 Å². The van der Waals surface area contributed by atoms with Crippen molar-refractivity contribution < 1.29 is 14.4 Å². The van der Waals surface area contributed by atoms with Crippen LogP contribution >= 0.6 is 0 Å². The summed E-state index contributed by atoms with van der Waals surface area (Å²) in [6.45, 7) is 7.10. The lowest BCUT2D eigenvalue weighted by molar-refractivity contribution is -0.137. The van der Waals surface area contributed by atoms with E-state index in [0.29, 0.717) is 17.8 Å². The lowest BCUT2D eigenvalue weighted by Crippen LogP contribution is -2.45. The van der Waals surface area contributed by atoms with Gasteiger partial charge in [0.2, 0.25) is 5.91 Å². The first kappa shape index (κ1) is 23.5. The fourth-order valence-electron chi connectivity index (χ4n) is 4.41. The predicted molar refractivity (Wildman–Crippen MR) is 131 cm³/mol. The maximum atomic E-state index is 13.4. The van der Waals surface area contributed by atoms with Crippen molar-refractivity contribution in [3.05, 3.63) is 82.6 Å². The first-order valence-electron chi connectivity index (χ1n) is 11.5. The third-order valence-corrected chi connectivity index (χ3v) is 6.56. The molecule has 34 heavy (non-hydrogen) atoms. The molecule has 2 heterocycles. The minimum atomic E-state index is -0.539. The number of amides is 4. The number of urea groups is 1. The van der Waals surface area contributed by atoms with Crippen molar-refractivity contribution in [3.63, 3.8) is 0 Å². The third kappa shape index (κ3) is 4.55. The van der Waals surface area contributed by atoms with Crippen molar-refractivity contribution in [1.82, 2.24) is 20.0 Å². The molecule has 0 radical (unpaired) electrons. The highest BCUT2D eigenvalue weighted by molar-refractivity contribution is 6.02. The van der Waals surface area contributed by atoms with E-state index < -0.39 is 6.04 Å². The van der Waals surface area contributed by atoms with Gasteiger partial charge in [-0.1, -0.05) is 75.4 Å². The van der Waals surface area contributed by atoms with Crippen LogP contribution in [-0.2, 0) is 21.5 Å². The molecular weight excluding hydrogens is 428 g/mol. The number of likely N-dealkylation sites (N-methyl/N-ethyl adjacent to an activating group) is 2. The molecular formula is C27H32N4O3. The number of nitrogens with one attached hydrogen (secondary N) is 1. The van der Waals surface area contributed by atoms with E-state index in [1.807, 2.05) is 54.6 Å². The molecule has 2 aliphatic rings. The predicted octanol–water partition coefficient (Wildman–Crippen LogP) is 3.44. The summed E-state index contributed by atoms with van der Waals surface area (Å²) < 4.78 is 0. The van der Waals surface area contributed by atoms with Gasteiger partial charge in [0, 0.05) is 20.6 Å². The summed E-state index contributed by atoms with van der Waals surface area (Å²) in [5, 5.41) is 2.96. The molecule has 2 aromatic carbocycles. The standard InChI is InChI=1S/C27H32N4O3/c1-27(2,3)20-13-11-19(12-14-20)24-23-21(30(5)26(34)28-24)16-31(25(23)33)17-22(32)29(4)15-18-9-7-6-8-10-18/h6-14,24H,15-17H2,1-5H3,(H,28,34)/t24-/m0/s1. The molecule has 0 unspecified atom stereocenters. The molecule has 1 atom stereocenters. The molecule has 0 aromatic heterocycles. The molecule has 0 saturated carbocycles. The molecule has 4 rings (SSSR count). The van der Waals surface area contributed by atoms with E-state index in [1.165, 1.54) is 15.4 Å². The summed E-state index contributed by atoms with van der Waals surface area (Å²) in [4.78, 5) is 43.6. The lowest BCUT2D eigenvalue weighted by atomic mass is 9.85. The minimum Gasteiger partial charge on any atom is -0.340 e. The Morgan fingerprint density at radius 2 is 1.71 bits per heavy atom. The summed E-state index contributed by atoms with van der Waals surface area (Å²) >= 11 is 0. The van der Waals surface area contributed by atoms with Crippen LogP contribution in [0.15, 0.2) is 65.9 Å². The molecule has 0 fully saturated rings. The highest BCUT2D eigenvalue weighted by Crippen LogP contribution is 2.36. The molecule has 178 valence electrons. The van der Waals surface area contributed by atoms with Crippen molar-refractivity contribution in [2.45, 2.75) is 38.8 Å². The van der Waals surface area contributed by atoms with Crippen molar-refractivity contribution in [1.29, 1.82) is 0 Å². The molecule has 7 nitrogen and oxygen atoms in total. The normalized spacial score (nSPS) is 18.2. The third-order valence-electron chi connectivity index (χ3n) is 6.56. The summed E-state index contributed by atoms with van der Waals surface area (Å²) in [5.41, 5.74) is 4.24. The monoisotopic (exact) mass is 460 g/mol. The van der Waals surface area contributed by atoms with Gasteiger partial charge in [-0.2, -0.15) is 0 Å². The fourth-order valence-corrected chi connectivity index (χ4v) is 4.41. The molecule has 0 spiro atoms. The molecule has 7 heteroatoms. The van der Waals surface area contributed by atoms with E-state index in [4.69, 9.17) is 0 Å². The van der Waals surface area contributed by atoms with Gasteiger partial charge in [-0.05, 0) is 22.1 Å². The number of carbonyl (C=O) groups is 3. The zero-order chi connectivity index (χ0) is 24.6. The van der Waals surface area contributed by atoms with Crippen LogP contribution in [0.2, 0.25) is 0 Å². The highest BCUT2D eigenvalue weighted by atomic mass is 16.2. The van der Waals surface area contributed by atoms with Gasteiger partial charge in [0.15, 0.2) is 0 Å². The quantitative estimate of drug-likeness (QED) is 0.743. The Morgan fingerprint density at radius 3 is 2.32 bits per heavy atom. The Labute approximate surface area is 201 Å². The number of carbonyl (C=O) groups excluding carboxylic acids is 3. The summed E-state index contributed by atoms with van der Waals surface area (Å²) in [6.07, 6.45) is 0. The number of hydrogen-bond donors (Lipinski definition) is 1. The van der Waals surface area contributed by atoms with Crippen LogP contribution in [0.5, 0.6) is 0 Å². The van der Waals surface area contributed by atoms with Gasteiger partial charge in [-0.3, -0.25) is 14.5 Å². The number of nitrogens with zero attached hydrogens (tertiary/aromatic N) is 3. The minimum absolute atomic E-state index is 0.00506. The highest BCUT2D eigenvalue weighted by Gasteiger charge is 2.43. The Morgan fingerprint density at radius 1 is 1.06 bits per heavy atom. The second-order valence-corrected chi connectivity index (χ2v) is 10.1. The van der Waals surface area contributed by atoms with Crippen LogP contribution < -0.4 is 5.32 Å². The van der Waals surface area contributed by atoms with Gasteiger partial charge in [0.1, 0.15) is 6.54 Å². The van der Waals surface area contributed by atoms with E-state index >= 15 is 0 Å². The maximum absolute atomic E-state index is 13.4. The van der Waals surface area contributed by atoms with Gasteiger partial charge in [-0.25, -0.2) is 4.79 Å². The van der Waals surface area contributed by atoms with E-state index in [9.17, 15) is 14.4 Å². The van der Waals surface area contributed by atoms with Crippen LogP contribution in [0.4, 0.5) is 4.79 Å². The van der Waals surface area contributed by atoms with Crippen LogP contribution in [0.25, 0.3) is 0 Å². The van der Waals surface area contributed by atoms with Gasteiger partial charge in [0.05, 0.1) is 23.9 Å². The van der Waals surface area contributed by atoms with Crippen LogP contribution in [0.1, 0.15) is 43.5 Å². The number of rotatable bonds is 5. The van der Waals surface area contributed by atoms with Crippen molar-refractivity contribution in [2.24, 2.45) is 0 Å². The van der Waals surface area contributed by atoms with E-state index in [-0.39, 0.29) is 36.3 Å². The second-order valence-electron chi connectivity index (χ2n) is 10.1. The van der Waals surface area contributed by atoms with Gasteiger partial charge in [0.25, 0.3) is 5.91 Å². The van der Waals surface area contributed by atoms with Crippen LogP contribution in [-0.4, -0.2) is 59.7 Å². The average molecular weight is 461 g/mol. The van der Waals surface area contributed by atoms with Crippen molar-refractivity contribution in [2.75, 3.05) is 27.2 Å². The second kappa shape index (κ2) is 8.97. The molecule has 0 bridgehead atoms. The Kier molecular flexibility index (Phi) is 6.21. The Bertz CT molecular complexity index is 1130. The van der Waals surface area contributed by atoms with Gasteiger partial charge >= 0.3 is 6.03 Å². The average Bonchev–Trinajstić information content (AvgIpc) is 3.12. The van der Waals surface area contributed by atoms with E-state index in [1.54, 1.807) is 19.0 Å². The number of benzene rings is 2. The SMILES string of the molecule is CN(Cc1ccccc1)C(=O)CN1CC2=C(C1=O)[C@H](c1ccc(C(C)(C)C)cc1)NC(=O)N2C. The van der Waals surface area contributed by atoms with Crippen LogP contribution in [0.3, 0.4) is 0 Å². The molecule has 0 saturated heterocycles. The summed E-state index contributed by atoms with van der Waals surface area (Å²) in [5.74, 6) is -0.363. The zero-order valence-corrected chi connectivity index (χ0v) is 20.5. The molecule has 4 amide bonds. The van der Waals surface area contributed by atoms with Crippen molar-refractivity contribution in [3.8, 4) is 0 Å². The maximum Gasteiger partial charge on any atom is 0.322 e. The van der Waals surface area contributed by atoms with Crippen LogP contribution in [0, 0.1) is 0 Å². The molecule has 1 N–H and O–H groups in total. The zero-order valence-electron chi connectivity index (χ0n) is 20.5. The largest absolute Gasteiger partial charge is 0.340 e. The smallest absolute Gasteiger partial charge is 0.322 e. The Hall–Kier alpha value is -3.61. The first-order valence-corrected chi connectivity index (χ1v) is 11.5. The molecule has 0 aliphatic carbocycles. The summed E-state index contributed by atoms with van der Waals surface area (Å²) in [7, 11) is 3.39. The Balaban J connectivity index is 1.53. The topological polar surface area (TPSA) is 73.0 Å².